The van der Waals surface area contributed by atoms with Gasteiger partial charge in [0, 0.05) is 24.6 Å². The number of hydrogen-bond donors (Lipinski definition) is 1. The highest BCUT2D eigenvalue weighted by atomic mass is 32.2. The molecule has 0 aromatic heterocycles. The fourth-order valence-corrected chi connectivity index (χ4v) is 2.69. The standard InChI is InChI=1S/C14H18F3NOS/c15-14(16,17)20-13-6-4-11(5-7-13)9-18-10-12-3-1-2-8-19-12/h4-7,12,18H,1-3,8-10H2. The van der Waals surface area contributed by atoms with Gasteiger partial charge in [-0.2, -0.15) is 13.2 Å². The summed E-state index contributed by atoms with van der Waals surface area (Å²) in [6, 6.07) is 6.46. The number of benzene rings is 1. The van der Waals surface area contributed by atoms with Crippen molar-refractivity contribution >= 4 is 11.8 Å². The molecule has 0 bridgehead atoms. The molecule has 112 valence electrons. The lowest BCUT2D eigenvalue weighted by atomic mass is 10.1. The molecule has 1 aromatic carbocycles. The molecule has 1 aliphatic rings. The second kappa shape index (κ2) is 7.33. The number of ether oxygens (including phenoxy) is 1. The maximum atomic E-state index is 12.2. The molecule has 0 radical (unpaired) electrons. The van der Waals surface area contributed by atoms with Crippen LogP contribution in [-0.4, -0.2) is 24.8 Å². The number of rotatable bonds is 5. The molecule has 0 aliphatic carbocycles. The van der Waals surface area contributed by atoms with E-state index in [1.54, 1.807) is 12.1 Å². The van der Waals surface area contributed by atoms with Crippen LogP contribution in [0.2, 0.25) is 0 Å². The van der Waals surface area contributed by atoms with Crippen LogP contribution in [-0.2, 0) is 11.3 Å². The van der Waals surface area contributed by atoms with Crippen molar-refractivity contribution in [2.24, 2.45) is 0 Å². The first-order valence-corrected chi connectivity index (χ1v) is 7.51. The van der Waals surface area contributed by atoms with Crippen molar-refractivity contribution in [1.29, 1.82) is 0 Å². The van der Waals surface area contributed by atoms with E-state index in [1.165, 1.54) is 18.6 Å². The minimum absolute atomic E-state index is 0.0844. The molecule has 2 nitrogen and oxygen atoms in total. The van der Waals surface area contributed by atoms with Crippen molar-refractivity contribution in [2.75, 3.05) is 13.2 Å². The van der Waals surface area contributed by atoms with Crippen LogP contribution in [0.25, 0.3) is 0 Å². The van der Waals surface area contributed by atoms with Crippen LogP contribution >= 0.6 is 11.8 Å². The van der Waals surface area contributed by atoms with Crippen molar-refractivity contribution in [1.82, 2.24) is 5.32 Å². The molecular weight excluding hydrogens is 287 g/mol. The molecule has 0 amide bonds. The minimum atomic E-state index is -4.22. The first kappa shape index (κ1) is 15.7. The highest BCUT2D eigenvalue weighted by Crippen LogP contribution is 2.36. The molecule has 0 spiro atoms. The van der Waals surface area contributed by atoms with E-state index >= 15 is 0 Å². The number of halogens is 3. The zero-order valence-corrected chi connectivity index (χ0v) is 11.9. The van der Waals surface area contributed by atoms with Crippen molar-refractivity contribution in [3.63, 3.8) is 0 Å². The Labute approximate surface area is 121 Å². The first-order valence-electron chi connectivity index (χ1n) is 6.70. The van der Waals surface area contributed by atoms with Crippen LogP contribution in [0.3, 0.4) is 0 Å². The average molecular weight is 305 g/mol. The summed E-state index contributed by atoms with van der Waals surface area (Å²) in [7, 11) is 0. The van der Waals surface area contributed by atoms with Gasteiger partial charge in [0.2, 0.25) is 0 Å². The Morgan fingerprint density at radius 2 is 1.95 bits per heavy atom. The fourth-order valence-electron chi connectivity index (χ4n) is 2.15. The van der Waals surface area contributed by atoms with Crippen LogP contribution in [0.5, 0.6) is 0 Å². The number of thioether (sulfide) groups is 1. The van der Waals surface area contributed by atoms with E-state index in [4.69, 9.17) is 4.74 Å². The van der Waals surface area contributed by atoms with Gasteiger partial charge in [-0.25, -0.2) is 0 Å². The van der Waals surface area contributed by atoms with Crippen molar-refractivity contribution in [3.05, 3.63) is 29.8 Å². The monoisotopic (exact) mass is 305 g/mol. The van der Waals surface area contributed by atoms with E-state index in [1.807, 2.05) is 0 Å². The van der Waals surface area contributed by atoms with E-state index in [2.05, 4.69) is 5.32 Å². The predicted molar refractivity (Wildman–Crippen MR) is 73.7 cm³/mol. The Morgan fingerprint density at radius 3 is 2.55 bits per heavy atom. The number of alkyl halides is 3. The van der Waals surface area contributed by atoms with E-state index in [0.29, 0.717) is 6.54 Å². The highest BCUT2D eigenvalue weighted by molar-refractivity contribution is 8.00. The Morgan fingerprint density at radius 1 is 1.20 bits per heavy atom. The van der Waals surface area contributed by atoms with Gasteiger partial charge in [-0.05, 0) is 48.7 Å². The van der Waals surface area contributed by atoms with Gasteiger partial charge in [-0.3, -0.25) is 0 Å². The largest absolute Gasteiger partial charge is 0.446 e. The Kier molecular flexibility index (Phi) is 5.74. The van der Waals surface area contributed by atoms with E-state index in [-0.39, 0.29) is 22.8 Å². The molecule has 20 heavy (non-hydrogen) atoms. The second-order valence-electron chi connectivity index (χ2n) is 4.81. The smallest absolute Gasteiger partial charge is 0.377 e. The lowest BCUT2D eigenvalue weighted by Crippen LogP contribution is -2.31. The van der Waals surface area contributed by atoms with Crippen LogP contribution < -0.4 is 5.32 Å². The molecule has 1 N–H and O–H groups in total. The van der Waals surface area contributed by atoms with Crippen molar-refractivity contribution < 1.29 is 17.9 Å². The molecule has 1 fully saturated rings. The Bertz CT molecular complexity index is 402. The summed E-state index contributed by atoms with van der Waals surface area (Å²) >= 11 is -0.0844. The first-order chi connectivity index (χ1) is 9.53. The lowest BCUT2D eigenvalue weighted by molar-refractivity contribution is -0.0328. The quantitative estimate of drug-likeness (QED) is 0.832. The van der Waals surface area contributed by atoms with Gasteiger partial charge in [0.05, 0.1) is 6.10 Å². The van der Waals surface area contributed by atoms with Gasteiger partial charge >= 0.3 is 5.51 Å². The molecule has 1 atom stereocenters. The summed E-state index contributed by atoms with van der Waals surface area (Å²) in [5, 5.41) is 3.29. The third kappa shape index (κ3) is 5.73. The molecule has 6 heteroatoms. The second-order valence-corrected chi connectivity index (χ2v) is 5.95. The summed E-state index contributed by atoms with van der Waals surface area (Å²) in [6.07, 6.45) is 3.68. The van der Waals surface area contributed by atoms with Crippen LogP contribution in [0.15, 0.2) is 29.2 Å². The van der Waals surface area contributed by atoms with E-state index in [9.17, 15) is 13.2 Å². The molecular formula is C14H18F3NOS. The van der Waals surface area contributed by atoms with Gasteiger partial charge in [0.1, 0.15) is 0 Å². The molecule has 2 rings (SSSR count). The summed E-state index contributed by atoms with van der Waals surface area (Å²) in [5.41, 5.74) is -3.25. The summed E-state index contributed by atoms with van der Waals surface area (Å²) < 4.78 is 42.2. The Balaban J connectivity index is 1.73. The van der Waals surface area contributed by atoms with Gasteiger partial charge in [0.25, 0.3) is 0 Å². The highest BCUT2D eigenvalue weighted by Gasteiger charge is 2.28. The Hall–Kier alpha value is -0.720. The maximum absolute atomic E-state index is 12.2. The van der Waals surface area contributed by atoms with Gasteiger partial charge in [-0.1, -0.05) is 12.1 Å². The van der Waals surface area contributed by atoms with Crippen molar-refractivity contribution in [3.8, 4) is 0 Å². The maximum Gasteiger partial charge on any atom is 0.446 e. The van der Waals surface area contributed by atoms with Gasteiger partial charge < -0.3 is 10.1 Å². The minimum Gasteiger partial charge on any atom is -0.377 e. The average Bonchev–Trinajstić information content (AvgIpc) is 2.40. The molecule has 1 heterocycles. The summed E-state index contributed by atoms with van der Waals surface area (Å²) in [6.45, 7) is 2.27. The number of nitrogens with one attached hydrogen (secondary N) is 1. The molecule has 0 saturated carbocycles. The van der Waals surface area contributed by atoms with Crippen LogP contribution in [0, 0.1) is 0 Å². The molecule has 1 aliphatic heterocycles. The SMILES string of the molecule is FC(F)(F)Sc1ccc(CNCC2CCCCO2)cc1. The summed E-state index contributed by atoms with van der Waals surface area (Å²) in [4.78, 5) is 0.219. The normalized spacial score (nSPS) is 20.1. The third-order valence-electron chi connectivity index (χ3n) is 3.13. The predicted octanol–water partition coefficient (Wildman–Crippen LogP) is 3.96. The zero-order chi connectivity index (χ0) is 14.4. The van der Waals surface area contributed by atoms with Gasteiger partial charge in [0.15, 0.2) is 0 Å². The van der Waals surface area contributed by atoms with Crippen LogP contribution in [0.4, 0.5) is 13.2 Å². The van der Waals surface area contributed by atoms with Crippen molar-refractivity contribution in [2.45, 2.75) is 42.3 Å². The molecule has 1 unspecified atom stereocenters. The summed E-state index contributed by atoms with van der Waals surface area (Å²) in [5.74, 6) is 0. The molecule has 1 aromatic rings. The topological polar surface area (TPSA) is 21.3 Å². The third-order valence-corrected chi connectivity index (χ3v) is 3.87. The van der Waals surface area contributed by atoms with Crippen LogP contribution in [0.1, 0.15) is 24.8 Å². The lowest BCUT2D eigenvalue weighted by Gasteiger charge is -2.22. The zero-order valence-electron chi connectivity index (χ0n) is 11.1. The fraction of sp³-hybridized carbons (Fsp3) is 0.571. The molecule has 1 saturated heterocycles. The van der Waals surface area contributed by atoms with E-state index < -0.39 is 5.51 Å². The number of hydrogen-bond acceptors (Lipinski definition) is 3. The van der Waals surface area contributed by atoms with Gasteiger partial charge in [-0.15, -0.1) is 0 Å². The van der Waals surface area contributed by atoms with E-state index in [0.717, 1.165) is 31.6 Å².